The fourth-order valence-corrected chi connectivity index (χ4v) is 2.45. The Morgan fingerprint density at radius 1 is 1.19 bits per heavy atom. The molecule has 0 saturated carbocycles. The van der Waals surface area contributed by atoms with Crippen molar-refractivity contribution in [3.63, 3.8) is 0 Å². The van der Waals surface area contributed by atoms with Gasteiger partial charge < -0.3 is 4.74 Å². The van der Waals surface area contributed by atoms with Gasteiger partial charge in [-0.2, -0.15) is 0 Å². The van der Waals surface area contributed by atoms with E-state index in [2.05, 4.69) is 37.5 Å². The normalized spacial score (nSPS) is 24.6. The molecule has 0 amide bonds. The van der Waals surface area contributed by atoms with E-state index in [1.54, 1.807) is 0 Å². The quantitative estimate of drug-likeness (QED) is 0.712. The molecule has 0 aromatic rings. The zero-order valence-corrected chi connectivity index (χ0v) is 11.6. The molecule has 0 bridgehead atoms. The molecule has 3 heteroatoms. The smallest absolute Gasteiger partial charge is 0.0630 e. The highest BCUT2D eigenvalue weighted by Gasteiger charge is 2.28. The van der Waals surface area contributed by atoms with Crippen molar-refractivity contribution in [2.75, 3.05) is 39.9 Å². The van der Waals surface area contributed by atoms with Crippen molar-refractivity contribution >= 4 is 0 Å². The molecular formula is C13H28N2O. The van der Waals surface area contributed by atoms with Gasteiger partial charge in [0.05, 0.1) is 6.61 Å². The van der Waals surface area contributed by atoms with Gasteiger partial charge in [-0.15, -0.1) is 0 Å². The maximum Gasteiger partial charge on any atom is 0.0630 e. The Bertz CT molecular complexity index is 194. The minimum absolute atomic E-state index is 0.573. The highest BCUT2D eigenvalue weighted by atomic mass is 16.5. The Morgan fingerprint density at radius 3 is 2.38 bits per heavy atom. The second kappa shape index (κ2) is 6.58. The van der Waals surface area contributed by atoms with E-state index in [-0.39, 0.29) is 0 Å². The van der Waals surface area contributed by atoms with Gasteiger partial charge in [0, 0.05) is 45.4 Å². The van der Waals surface area contributed by atoms with E-state index in [9.17, 15) is 0 Å². The van der Waals surface area contributed by atoms with Crippen molar-refractivity contribution in [1.82, 2.24) is 9.80 Å². The van der Waals surface area contributed by atoms with Crippen LogP contribution in [0.3, 0.4) is 0 Å². The molecule has 0 spiro atoms. The molecule has 0 aromatic heterocycles. The third-order valence-corrected chi connectivity index (χ3v) is 3.33. The predicted octanol–water partition coefficient (Wildman–Crippen LogP) is 1.68. The fourth-order valence-electron chi connectivity index (χ4n) is 2.45. The Morgan fingerprint density at radius 2 is 1.88 bits per heavy atom. The third-order valence-electron chi connectivity index (χ3n) is 3.33. The fraction of sp³-hybridized carbons (Fsp3) is 1.00. The molecule has 1 aliphatic rings. The minimum atomic E-state index is 0.573. The molecule has 0 unspecified atom stereocenters. The molecule has 1 heterocycles. The van der Waals surface area contributed by atoms with Crippen LogP contribution in [-0.4, -0.2) is 61.8 Å². The Labute approximate surface area is 101 Å². The molecule has 0 aromatic carbocycles. The van der Waals surface area contributed by atoms with Crippen molar-refractivity contribution in [2.45, 2.75) is 39.8 Å². The van der Waals surface area contributed by atoms with Gasteiger partial charge in [0.25, 0.3) is 0 Å². The zero-order chi connectivity index (χ0) is 12.1. The van der Waals surface area contributed by atoms with Gasteiger partial charge in [0.2, 0.25) is 0 Å². The van der Waals surface area contributed by atoms with E-state index >= 15 is 0 Å². The lowest BCUT2D eigenvalue weighted by atomic mass is 10.1. The highest BCUT2D eigenvalue weighted by Crippen LogP contribution is 2.14. The van der Waals surface area contributed by atoms with E-state index in [0.29, 0.717) is 12.1 Å². The first-order valence-corrected chi connectivity index (χ1v) is 6.51. The molecule has 3 nitrogen and oxygen atoms in total. The molecule has 1 aliphatic heterocycles. The van der Waals surface area contributed by atoms with Crippen LogP contribution in [0.5, 0.6) is 0 Å². The van der Waals surface area contributed by atoms with Crippen molar-refractivity contribution in [1.29, 1.82) is 0 Å². The summed E-state index contributed by atoms with van der Waals surface area (Å²) in [7, 11) is 1.81. The molecule has 1 fully saturated rings. The van der Waals surface area contributed by atoms with Gasteiger partial charge in [-0.1, -0.05) is 13.8 Å². The standard InChI is InChI=1S/C13H28N2O/c1-11(2)8-15-7-6-14(12(3)4)9-13(15)10-16-5/h11-13H,6-10H2,1-5H3/t13-/m1/s1. The average molecular weight is 228 g/mol. The van der Waals surface area contributed by atoms with Gasteiger partial charge >= 0.3 is 0 Å². The summed E-state index contributed by atoms with van der Waals surface area (Å²) < 4.78 is 5.35. The monoisotopic (exact) mass is 228 g/mol. The molecule has 1 rings (SSSR count). The van der Waals surface area contributed by atoms with E-state index in [4.69, 9.17) is 4.74 Å². The Hall–Kier alpha value is -0.120. The number of ether oxygens (including phenoxy) is 1. The Kier molecular flexibility index (Phi) is 5.73. The zero-order valence-electron chi connectivity index (χ0n) is 11.6. The number of hydrogen-bond acceptors (Lipinski definition) is 3. The number of hydrogen-bond donors (Lipinski definition) is 0. The molecule has 1 atom stereocenters. The van der Waals surface area contributed by atoms with Crippen LogP contribution in [0, 0.1) is 5.92 Å². The van der Waals surface area contributed by atoms with Crippen molar-refractivity contribution in [2.24, 2.45) is 5.92 Å². The molecule has 0 aliphatic carbocycles. The van der Waals surface area contributed by atoms with Crippen LogP contribution in [-0.2, 0) is 4.74 Å². The van der Waals surface area contributed by atoms with Crippen LogP contribution >= 0.6 is 0 Å². The summed E-state index contributed by atoms with van der Waals surface area (Å²) in [6, 6.07) is 1.23. The summed E-state index contributed by atoms with van der Waals surface area (Å²) in [6.45, 7) is 14.7. The van der Waals surface area contributed by atoms with Crippen molar-refractivity contribution in [3.8, 4) is 0 Å². The molecule has 0 radical (unpaired) electrons. The van der Waals surface area contributed by atoms with Gasteiger partial charge in [0.15, 0.2) is 0 Å². The van der Waals surface area contributed by atoms with E-state index < -0.39 is 0 Å². The van der Waals surface area contributed by atoms with Crippen LogP contribution in [0.4, 0.5) is 0 Å². The molecule has 0 N–H and O–H groups in total. The molecule has 1 saturated heterocycles. The second-order valence-electron chi connectivity index (χ2n) is 5.59. The number of methoxy groups -OCH3 is 1. The van der Waals surface area contributed by atoms with Crippen molar-refractivity contribution in [3.05, 3.63) is 0 Å². The SMILES string of the molecule is COC[C@H]1CN(C(C)C)CCN1CC(C)C. The summed E-state index contributed by atoms with van der Waals surface area (Å²) in [6.07, 6.45) is 0. The summed E-state index contributed by atoms with van der Waals surface area (Å²) in [5, 5.41) is 0. The van der Waals surface area contributed by atoms with Crippen LogP contribution in [0.25, 0.3) is 0 Å². The Balaban J connectivity index is 2.52. The summed E-state index contributed by atoms with van der Waals surface area (Å²) in [5.41, 5.74) is 0. The molecule has 96 valence electrons. The highest BCUT2D eigenvalue weighted by molar-refractivity contribution is 4.83. The van der Waals surface area contributed by atoms with Crippen LogP contribution < -0.4 is 0 Å². The topological polar surface area (TPSA) is 15.7 Å². The largest absolute Gasteiger partial charge is 0.383 e. The number of rotatable bonds is 5. The predicted molar refractivity (Wildman–Crippen MR) is 68.8 cm³/mol. The third kappa shape index (κ3) is 4.04. The second-order valence-corrected chi connectivity index (χ2v) is 5.59. The first kappa shape index (κ1) is 13.9. The van der Waals surface area contributed by atoms with Crippen molar-refractivity contribution < 1.29 is 4.74 Å². The average Bonchev–Trinajstić information content (AvgIpc) is 2.20. The maximum absolute atomic E-state index is 5.35. The van der Waals surface area contributed by atoms with Crippen LogP contribution in [0.2, 0.25) is 0 Å². The molecular weight excluding hydrogens is 200 g/mol. The van der Waals surface area contributed by atoms with Gasteiger partial charge in [-0.05, 0) is 19.8 Å². The van der Waals surface area contributed by atoms with Crippen LogP contribution in [0.1, 0.15) is 27.7 Å². The summed E-state index contributed by atoms with van der Waals surface area (Å²) >= 11 is 0. The van der Waals surface area contributed by atoms with Gasteiger partial charge in [0.1, 0.15) is 0 Å². The lowest BCUT2D eigenvalue weighted by Gasteiger charge is -2.43. The first-order valence-electron chi connectivity index (χ1n) is 6.51. The van der Waals surface area contributed by atoms with E-state index in [0.717, 1.165) is 19.1 Å². The van der Waals surface area contributed by atoms with Gasteiger partial charge in [-0.25, -0.2) is 0 Å². The van der Waals surface area contributed by atoms with E-state index in [1.807, 2.05) is 7.11 Å². The van der Waals surface area contributed by atoms with E-state index in [1.165, 1.54) is 19.6 Å². The van der Waals surface area contributed by atoms with Gasteiger partial charge in [-0.3, -0.25) is 9.80 Å². The molecule has 16 heavy (non-hydrogen) atoms. The summed E-state index contributed by atoms with van der Waals surface area (Å²) in [5.74, 6) is 0.741. The lowest BCUT2D eigenvalue weighted by molar-refractivity contribution is 0.00887. The maximum atomic E-state index is 5.35. The number of piperazine rings is 1. The summed E-state index contributed by atoms with van der Waals surface area (Å²) in [4.78, 5) is 5.15. The number of nitrogens with zero attached hydrogens (tertiary/aromatic N) is 2. The first-order chi connectivity index (χ1) is 7.54. The minimum Gasteiger partial charge on any atom is -0.383 e. The van der Waals surface area contributed by atoms with Crippen LogP contribution in [0.15, 0.2) is 0 Å². The lowest BCUT2D eigenvalue weighted by Crippen LogP contribution is -2.57.